The molecule has 3 heteroatoms. The third-order valence-electron chi connectivity index (χ3n) is 5.91. The van der Waals surface area contributed by atoms with Gasteiger partial charge in [0.2, 0.25) is 0 Å². The minimum atomic E-state index is -0.649. The van der Waals surface area contributed by atoms with E-state index in [-0.39, 0.29) is 30.2 Å². The summed E-state index contributed by atoms with van der Waals surface area (Å²) in [5, 5.41) is 0. The first-order valence-corrected chi connectivity index (χ1v) is 12.6. The predicted octanol–water partition coefficient (Wildman–Crippen LogP) is 1.21. The van der Waals surface area contributed by atoms with Crippen molar-refractivity contribution in [2.45, 2.75) is 51.6 Å². The Morgan fingerprint density at radius 1 is 0.897 bits per heavy atom. The monoisotopic (exact) mass is 501 g/mol. The Labute approximate surface area is 199 Å². The van der Waals surface area contributed by atoms with Crippen molar-refractivity contribution in [3.05, 3.63) is 76.4 Å². The van der Waals surface area contributed by atoms with Crippen LogP contribution in [0.25, 0.3) is 16.7 Å². The van der Waals surface area contributed by atoms with E-state index in [1.807, 2.05) is 0 Å². The summed E-state index contributed by atoms with van der Waals surface area (Å²) in [4.78, 5) is 0. The fraction of sp³-hybridized carbons (Fsp3) is 0.346. The molecule has 2 aliphatic rings. The van der Waals surface area contributed by atoms with Crippen molar-refractivity contribution in [1.82, 2.24) is 0 Å². The van der Waals surface area contributed by atoms with Gasteiger partial charge in [0.25, 0.3) is 0 Å². The third kappa shape index (κ3) is 4.48. The number of hydrogen-bond acceptors (Lipinski definition) is 0. The summed E-state index contributed by atoms with van der Waals surface area (Å²) < 4.78 is 2.33. The summed E-state index contributed by atoms with van der Waals surface area (Å²) in [7, 11) is 0. The Morgan fingerprint density at radius 3 is 2.14 bits per heavy atom. The van der Waals surface area contributed by atoms with Gasteiger partial charge in [0.1, 0.15) is 0 Å². The molecule has 0 amide bonds. The average Bonchev–Trinajstić information content (AvgIpc) is 3.14. The number of fused-ring (bicyclic) bond motifs is 3. The zero-order valence-electron chi connectivity index (χ0n) is 18.2. The molecule has 2 aliphatic carbocycles. The molecule has 0 spiro atoms. The van der Waals surface area contributed by atoms with Gasteiger partial charge in [-0.05, 0) is 0 Å². The van der Waals surface area contributed by atoms with Gasteiger partial charge in [-0.2, -0.15) is 0 Å². The molecule has 29 heavy (non-hydrogen) atoms. The maximum absolute atomic E-state index is 2.45. The van der Waals surface area contributed by atoms with E-state index in [4.69, 9.17) is 0 Å². The van der Waals surface area contributed by atoms with Gasteiger partial charge in [-0.3, -0.25) is 0 Å². The maximum atomic E-state index is 2.45. The Kier molecular flexibility index (Phi) is 7.76. The summed E-state index contributed by atoms with van der Waals surface area (Å²) in [6.07, 6.45) is 3.55. The van der Waals surface area contributed by atoms with Gasteiger partial charge in [-0.25, -0.2) is 0 Å². The molecule has 2 aromatic rings. The van der Waals surface area contributed by atoms with Crippen molar-refractivity contribution < 1.29 is 47.6 Å². The first-order chi connectivity index (χ1) is 12.8. The van der Waals surface area contributed by atoms with Crippen molar-refractivity contribution in [3.8, 4) is 11.1 Å². The van der Waals surface area contributed by atoms with Crippen molar-refractivity contribution in [3.63, 3.8) is 0 Å². The van der Waals surface area contributed by atoms with Crippen LogP contribution in [-0.4, -0.2) is 3.21 Å². The largest absolute Gasteiger partial charge is 1.00 e. The van der Waals surface area contributed by atoms with Crippen molar-refractivity contribution in [1.29, 1.82) is 0 Å². The molecule has 0 saturated heterocycles. The Hall–Kier alpha value is -0.747. The van der Waals surface area contributed by atoms with Crippen LogP contribution in [0.4, 0.5) is 0 Å². The molecular weight excluding hydrogens is 474 g/mol. The van der Waals surface area contributed by atoms with Gasteiger partial charge in [0.05, 0.1) is 0 Å². The summed E-state index contributed by atoms with van der Waals surface area (Å²) >= 11 is -0.649. The number of rotatable bonds is 2. The van der Waals surface area contributed by atoms with E-state index in [0.29, 0.717) is 3.63 Å². The second kappa shape index (κ2) is 9.17. The van der Waals surface area contributed by atoms with Crippen LogP contribution in [0, 0.1) is 5.41 Å². The predicted molar refractivity (Wildman–Crippen MR) is 115 cm³/mol. The molecule has 2 aromatic carbocycles. The molecule has 0 aliphatic heterocycles. The first kappa shape index (κ1) is 24.5. The van der Waals surface area contributed by atoms with Crippen molar-refractivity contribution in [2.75, 3.05) is 0 Å². The summed E-state index contributed by atoms with van der Waals surface area (Å²) in [6.45, 7) is 14.0. The topological polar surface area (TPSA) is 0 Å². The van der Waals surface area contributed by atoms with Gasteiger partial charge in [-0.1, -0.05) is 0 Å². The SMILES string of the molecule is C[C](C)=[Zr+2][CH]1c2ccccc2-c2cccc(C3=C(C)C=C(C(C)(C)C)C3)c21.[Cl-].[Cl-]. The molecule has 1 unspecified atom stereocenters. The number of benzene rings is 2. The molecule has 0 heterocycles. The van der Waals surface area contributed by atoms with Crippen LogP contribution >= 0.6 is 0 Å². The van der Waals surface area contributed by atoms with Gasteiger partial charge in [-0.15, -0.1) is 0 Å². The molecule has 0 radical (unpaired) electrons. The molecule has 0 saturated carbocycles. The smallest absolute Gasteiger partial charge is 1.00 e. The third-order valence-corrected chi connectivity index (χ3v) is 9.51. The quantitative estimate of drug-likeness (QED) is 0.578. The number of hydrogen-bond donors (Lipinski definition) is 0. The van der Waals surface area contributed by atoms with E-state index in [9.17, 15) is 0 Å². The second-order valence-electron chi connectivity index (χ2n) is 9.19. The van der Waals surface area contributed by atoms with Crippen molar-refractivity contribution >= 4 is 8.78 Å². The molecule has 0 fully saturated rings. The van der Waals surface area contributed by atoms with E-state index < -0.39 is 22.8 Å². The molecule has 151 valence electrons. The van der Waals surface area contributed by atoms with Crippen LogP contribution in [0.3, 0.4) is 0 Å². The van der Waals surface area contributed by atoms with E-state index in [2.05, 4.69) is 90.1 Å². The minimum absolute atomic E-state index is 0. The Morgan fingerprint density at radius 2 is 1.52 bits per heavy atom. The standard InChI is InChI=1S/C23H23.C3H6.2ClH.Zr/c1-15-12-17(23(2,3)4)14-21(15)20-11-7-10-19-18-9-6-5-8-16(18)13-22(19)20;1-3-2;;;/h5-13H,14H2,1-4H3;1-2H3;2*1H;/q;;;;+2/p-2. The second-order valence-corrected chi connectivity index (χ2v) is 13.8. The zero-order valence-corrected chi connectivity index (χ0v) is 22.1. The van der Waals surface area contributed by atoms with E-state index >= 15 is 0 Å². The van der Waals surface area contributed by atoms with Crippen LogP contribution < -0.4 is 24.8 Å². The Balaban J connectivity index is 0.00000150. The molecule has 1 atom stereocenters. The summed E-state index contributed by atoms with van der Waals surface area (Å²) in [5.74, 6) is 0. The molecule has 0 aromatic heterocycles. The fourth-order valence-corrected chi connectivity index (χ4v) is 8.02. The number of halogens is 2. The molecule has 4 rings (SSSR count). The van der Waals surface area contributed by atoms with Gasteiger partial charge >= 0.3 is 176 Å². The maximum Gasteiger partial charge on any atom is -1.00 e. The van der Waals surface area contributed by atoms with Gasteiger partial charge < -0.3 is 24.8 Å². The van der Waals surface area contributed by atoms with Crippen LogP contribution in [-0.2, 0) is 22.8 Å². The minimum Gasteiger partial charge on any atom is -1.00 e. The van der Waals surface area contributed by atoms with Crippen LogP contribution in [0.2, 0.25) is 0 Å². The van der Waals surface area contributed by atoms with Crippen LogP contribution in [0.1, 0.15) is 68.3 Å². The van der Waals surface area contributed by atoms with E-state index in [0.717, 1.165) is 6.42 Å². The Bertz CT molecular complexity index is 1020. The molecule has 0 N–H and O–H groups in total. The zero-order chi connectivity index (χ0) is 19.3. The molecular formula is C26H29Cl2Zr. The normalized spacial score (nSPS) is 16.9. The van der Waals surface area contributed by atoms with E-state index in [1.54, 1.807) is 25.5 Å². The summed E-state index contributed by atoms with van der Waals surface area (Å²) in [5.41, 5.74) is 12.5. The van der Waals surface area contributed by atoms with Crippen LogP contribution in [0.5, 0.6) is 0 Å². The van der Waals surface area contributed by atoms with Crippen LogP contribution in [0.15, 0.2) is 59.7 Å². The van der Waals surface area contributed by atoms with Gasteiger partial charge in [0.15, 0.2) is 0 Å². The summed E-state index contributed by atoms with van der Waals surface area (Å²) in [6, 6.07) is 16.1. The van der Waals surface area contributed by atoms with E-state index in [1.165, 1.54) is 22.3 Å². The average molecular weight is 504 g/mol. The fourth-order valence-electron chi connectivity index (χ4n) is 4.48. The number of allylic oxidation sites excluding steroid dienone is 4. The van der Waals surface area contributed by atoms with Crippen molar-refractivity contribution in [2.24, 2.45) is 5.41 Å². The van der Waals surface area contributed by atoms with Gasteiger partial charge in [0, 0.05) is 0 Å². The first-order valence-electron chi connectivity index (χ1n) is 9.97. The molecule has 0 nitrogen and oxygen atoms in total. The molecule has 0 bridgehead atoms.